The van der Waals surface area contributed by atoms with Crippen LogP contribution < -0.4 is 5.32 Å². The summed E-state index contributed by atoms with van der Waals surface area (Å²) in [5, 5.41) is 16.0. The number of aliphatic hydroxyl groups is 1. The molecule has 2 amide bonds. The van der Waals surface area contributed by atoms with Crippen LogP contribution in [0.4, 0.5) is 4.79 Å². The van der Waals surface area contributed by atoms with Crippen LogP contribution in [0.15, 0.2) is 41.9 Å². The number of nitrogens with one attached hydrogen (secondary N) is 1. The number of thiazole rings is 1. The largest absolute Gasteiger partial charge is 0.389 e. The Kier molecular flexibility index (Phi) is 6.34. The molecule has 0 aliphatic heterocycles. The van der Waals surface area contributed by atoms with Gasteiger partial charge in [0.25, 0.3) is 0 Å². The third-order valence-electron chi connectivity index (χ3n) is 3.54. The van der Waals surface area contributed by atoms with Gasteiger partial charge in [-0.05, 0) is 25.8 Å². The highest BCUT2D eigenvalue weighted by molar-refractivity contribution is 7.09. The van der Waals surface area contributed by atoms with Gasteiger partial charge in [0.2, 0.25) is 0 Å². The van der Waals surface area contributed by atoms with Crippen molar-refractivity contribution in [1.82, 2.24) is 15.2 Å². The van der Waals surface area contributed by atoms with Crippen molar-refractivity contribution in [3.05, 3.63) is 52.5 Å². The van der Waals surface area contributed by atoms with Crippen LogP contribution in [0.5, 0.6) is 0 Å². The highest BCUT2D eigenvalue weighted by atomic mass is 32.1. The molecular formula is C18H25N3O2S. The van der Waals surface area contributed by atoms with Gasteiger partial charge in [0, 0.05) is 18.1 Å². The fraction of sp³-hybridized carbons (Fsp3) is 0.444. The van der Waals surface area contributed by atoms with Crippen LogP contribution >= 0.6 is 11.3 Å². The number of amides is 2. The van der Waals surface area contributed by atoms with Crippen LogP contribution in [0.3, 0.4) is 0 Å². The SMILES string of the molecule is CCC(NC(=O)N(Cc1ccccc1)CC(C)(C)O)c1nccs1. The summed E-state index contributed by atoms with van der Waals surface area (Å²) in [6, 6.07) is 9.48. The first kappa shape index (κ1) is 18.4. The van der Waals surface area contributed by atoms with Crippen LogP contribution in [0.2, 0.25) is 0 Å². The monoisotopic (exact) mass is 347 g/mol. The molecule has 1 atom stereocenters. The van der Waals surface area contributed by atoms with Crippen LogP contribution in [-0.2, 0) is 6.54 Å². The Labute approximate surface area is 147 Å². The number of carbonyl (C=O) groups excluding carboxylic acids is 1. The van der Waals surface area contributed by atoms with Gasteiger partial charge in [-0.1, -0.05) is 37.3 Å². The molecule has 2 rings (SSSR count). The third kappa shape index (κ3) is 5.62. The van der Waals surface area contributed by atoms with E-state index in [0.29, 0.717) is 6.54 Å². The molecule has 0 radical (unpaired) electrons. The Morgan fingerprint density at radius 2 is 2.08 bits per heavy atom. The first-order chi connectivity index (χ1) is 11.4. The molecule has 2 N–H and O–H groups in total. The molecule has 1 heterocycles. The molecule has 130 valence electrons. The van der Waals surface area contributed by atoms with Gasteiger partial charge >= 0.3 is 6.03 Å². The van der Waals surface area contributed by atoms with Crippen molar-refractivity contribution in [2.75, 3.05) is 6.54 Å². The first-order valence-corrected chi connectivity index (χ1v) is 8.98. The standard InChI is InChI=1S/C18H25N3O2S/c1-4-15(16-19-10-11-24-16)20-17(22)21(13-18(2,3)23)12-14-8-6-5-7-9-14/h5-11,15,23H,4,12-13H2,1-3H3,(H,20,22). The Morgan fingerprint density at radius 3 is 2.62 bits per heavy atom. The number of hydrogen-bond acceptors (Lipinski definition) is 4. The van der Waals surface area contributed by atoms with Gasteiger partial charge in [-0.15, -0.1) is 11.3 Å². The predicted molar refractivity (Wildman–Crippen MR) is 96.8 cm³/mol. The van der Waals surface area contributed by atoms with Gasteiger partial charge in [0.1, 0.15) is 5.01 Å². The van der Waals surface area contributed by atoms with E-state index in [-0.39, 0.29) is 18.6 Å². The minimum absolute atomic E-state index is 0.113. The molecule has 24 heavy (non-hydrogen) atoms. The predicted octanol–water partition coefficient (Wildman–Crippen LogP) is 3.58. The van der Waals surface area contributed by atoms with E-state index < -0.39 is 5.60 Å². The molecule has 0 saturated carbocycles. The summed E-state index contributed by atoms with van der Waals surface area (Å²) in [7, 11) is 0. The Morgan fingerprint density at radius 1 is 1.38 bits per heavy atom. The molecule has 0 fully saturated rings. The van der Waals surface area contributed by atoms with E-state index >= 15 is 0 Å². The summed E-state index contributed by atoms with van der Waals surface area (Å²) in [4.78, 5) is 18.7. The van der Waals surface area contributed by atoms with Crippen LogP contribution in [0, 0.1) is 0 Å². The average Bonchev–Trinajstić information content (AvgIpc) is 3.05. The number of aromatic nitrogens is 1. The smallest absolute Gasteiger partial charge is 0.318 e. The van der Waals surface area contributed by atoms with Crippen molar-refractivity contribution in [3.63, 3.8) is 0 Å². The second kappa shape index (κ2) is 8.26. The lowest BCUT2D eigenvalue weighted by molar-refractivity contribution is 0.0441. The van der Waals surface area contributed by atoms with E-state index in [4.69, 9.17) is 0 Å². The third-order valence-corrected chi connectivity index (χ3v) is 4.43. The maximum absolute atomic E-state index is 12.8. The summed E-state index contributed by atoms with van der Waals surface area (Å²) in [5.74, 6) is 0. The lowest BCUT2D eigenvalue weighted by atomic mass is 10.1. The van der Waals surface area contributed by atoms with Gasteiger partial charge in [-0.25, -0.2) is 9.78 Å². The van der Waals surface area contributed by atoms with Crippen LogP contribution in [0.1, 0.15) is 43.8 Å². The topological polar surface area (TPSA) is 65.5 Å². The number of hydrogen-bond donors (Lipinski definition) is 2. The van der Waals surface area contributed by atoms with E-state index in [1.54, 1.807) is 24.9 Å². The van der Waals surface area contributed by atoms with Crippen LogP contribution in [-0.4, -0.2) is 33.2 Å². The molecule has 0 bridgehead atoms. The Balaban J connectivity index is 2.11. The molecule has 5 nitrogen and oxygen atoms in total. The van der Waals surface area contributed by atoms with Gasteiger partial charge in [0.15, 0.2) is 0 Å². The molecule has 1 aromatic heterocycles. The zero-order valence-electron chi connectivity index (χ0n) is 14.4. The highest BCUT2D eigenvalue weighted by Crippen LogP contribution is 2.20. The highest BCUT2D eigenvalue weighted by Gasteiger charge is 2.25. The molecule has 0 spiro atoms. The number of nitrogens with zero attached hydrogens (tertiary/aromatic N) is 2. The van der Waals surface area contributed by atoms with Gasteiger partial charge < -0.3 is 15.3 Å². The molecule has 1 unspecified atom stereocenters. The number of urea groups is 1. The molecule has 2 aromatic rings. The van der Waals surface area contributed by atoms with Gasteiger partial charge in [0.05, 0.1) is 18.2 Å². The number of carbonyl (C=O) groups is 1. The quantitative estimate of drug-likeness (QED) is 0.804. The van der Waals surface area contributed by atoms with E-state index in [2.05, 4.69) is 10.3 Å². The van der Waals surface area contributed by atoms with Crippen molar-refractivity contribution < 1.29 is 9.90 Å². The summed E-state index contributed by atoms with van der Waals surface area (Å²) < 4.78 is 0. The first-order valence-electron chi connectivity index (χ1n) is 8.10. The molecule has 0 aliphatic carbocycles. The van der Waals surface area contributed by atoms with Gasteiger partial charge in [-0.2, -0.15) is 0 Å². The summed E-state index contributed by atoms with van der Waals surface area (Å²) in [6.07, 6.45) is 2.51. The zero-order chi connectivity index (χ0) is 17.6. The fourth-order valence-electron chi connectivity index (χ4n) is 2.46. The molecular weight excluding hydrogens is 322 g/mol. The van der Waals surface area contributed by atoms with Crippen LogP contribution in [0.25, 0.3) is 0 Å². The van der Waals surface area contributed by atoms with Crippen molar-refractivity contribution in [2.45, 2.75) is 45.4 Å². The van der Waals surface area contributed by atoms with E-state index in [1.807, 2.05) is 42.6 Å². The van der Waals surface area contributed by atoms with E-state index in [0.717, 1.165) is 17.0 Å². The summed E-state index contributed by atoms with van der Waals surface area (Å²) in [6.45, 7) is 6.13. The molecule has 0 saturated heterocycles. The maximum atomic E-state index is 12.8. The van der Waals surface area contributed by atoms with E-state index in [1.165, 1.54) is 11.3 Å². The minimum atomic E-state index is -0.963. The molecule has 1 aromatic carbocycles. The maximum Gasteiger partial charge on any atom is 0.318 e. The van der Waals surface area contributed by atoms with Gasteiger partial charge in [-0.3, -0.25) is 0 Å². The van der Waals surface area contributed by atoms with Crippen molar-refractivity contribution in [2.24, 2.45) is 0 Å². The zero-order valence-corrected chi connectivity index (χ0v) is 15.2. The summed E-state index contributed by atoms with van der Waals surface area (Å²) >= 11 is 1.53. The number of benzene rings is 1. The lowest BCUT2D eigenvalue weighted by Gasteiger charge is -2.30. The second-order valence-corrected chi connectivity index (χ2v) is 7.36. The normalized spacial score (nSPS) is 12.7. The molecule has 6 heteroatoms. The van der Waals surface area contributed by atoms with Crippen molar-refractivity contribution >= 4 is 17.4 Å². The van der Waals surface area contributed by atoms with Crippen molar-refractivity contribution in [1.29, 1.82) is 0 Å². The average molecular weight is 347 g/mol. The Bertz CT molecular complexity index is 623. The summed E-state index contributed by atoms with van der Waals surface area (Å²) in [5.41, 5.74) is 0.0638. The second-order valence-electron chi connectivity index (χ2n) is 6.43. The Hall–Kier alpha value is -1.92. The lowest BCUT2D eigenvalue weighted by Crippen LogP contribution is -2.47. The van der Waals surface area contributed by atoms with E-state index in [9.17, 15) is 9.90 Å². The minimum Gasteiger partial charge on any atom is -0.389 e. The fourth-order valence-corrected chi connectivity index (χ4v) is 3.23. The molecule has 0 aliphatic rings. The van der Waals surface area contributed by atoms with Crippen molar-refractivity contribution in [3.8, 4) is 0 Å². The number of rotatable bonds is 7.